The zero-order chi connectivity index (χ0) is 20.0. The van der Waals surface area contributed by atoms with Gasteiger partial charge in [0.05, 0.1) is 37.4 Å². The SMILES string of the molecule is CCN(CC(=O)Nc1cc(Cl)ccc1OC)CC(=O)N[C@H]1CCS(=O)(=O)C1. The van der Waals surface area contributed by atoms with Gasteiger partial charge in [0.2, 0.25) is 11.8 Å². The van der Waals surface area contributed by atoms with Crippen molar-refractivity contribution < 1.29 is 22.7 Å². The van der Waals surface area contributed by atoms with Crippen molar-refractivity contribution in [3.05, 3.63) is 23.2 Å². The van der Waals surface area contributed by atoms with Gasteiger partial charge in [-0.05, 0) is 31.2 Å². The molecule has 0 radical (unpaired) electrons. The number of hydrogen-bond acceptors (Lipinski definition) is 6. The van der Waals surface area contributed by atoms with Crippen molar-refractivity contribution in [2.24, 2.45) is 0 Å². The fraction of sp³-hybridized carbons (Fsp3) is 0.529. The summed E-state index contributed by atoms with van der Waals surface area (Å²) in [6.45, 7) is 2.33. The van der Waals surface area contributed by atoms with Gasteiger partial charge in [-0.2, -0.15) is 0 Å². The monoisotopic (exact) mass is 417 g/mol. The van der Waals surface area contributed by atoms with Crippen molar-refractivity contribution in [3.8, 4) is 5.75 Å². The molecule has 8 nitrogen and oxygen atoms in total. The smallest absolute Gasteiger partial charge is 0.238 e. The molecule has 1 aromatic rings. The van der Waals surface area contributed by atoms with Crippen molar-refractivity contribution in [3.63, 3.8) is 0 Å². The van der Waals surface area contributed by atoms with Crippen LogP contribution in [0.15, 0.2) is 18.2 Å². The molecule has 2 N–H and O–H groups in total. The zero-order valence-electron chi connectivity index (χ0n) is 15.3. The summed E-state index contributed by atoms with van der Waals surface area (Å²) in [4.78, 5) is 26.1. The molecule has 27 heavy (non-hydrogen) atoms. The van der Waals surface area contributed by atoms with E-state index in [1.54, 1.807) is 23.1 Å². The van der Waals surface area contributed by atoms with Crippen molar-refractivity contribution in [2.45, 2.75) is 19.4 Å². The standard InChI is InChI=1S/C17H24ClN3O5S/c1-3-21(9-16(22)19-13-6-7-27(24,25)11-13)10-17(23)20-14-8-12(18)4-5-15(14)26-2/h4-5,8,13H,3,6-7,9-11H2,1-2H3,(H,19,22)(H,20,23)/t13-/m0/s1. The van der Waals surface area contributed by atoms with Crippen molar-refractivity contribution in [2.75, 3.05) is 43.6 Å². The summed E-state index contributed by atoms with van der Waals surface area (Å²) in [5.41, 5.74) is 0.451. The van der Waals surface area contributed by atoms with Crippen molar-refractivity contribution >= 4 is 38.9 Å². The van der Waals surface area contributed by atoms with Crippen LogP contribution in [-0.2, 0) is 19.4 Å². The van der Waals surface area contributed by atoms with E-state index in [2.05, 4.69) is 10.6 Å². The number of benzene rings is 1. The zero-order valence-corrected chi connectivity index (χ0v) is 16.9. The molecule has 10 heteroatoms. The van der Waals surface area contributed by atoms with E-state index >= 15 is 0 Å². The number of carbonyl (C=O) groups excluding carboxylic acids is 2. The lowest BCUT2D eigenvalue weighted by atomic mass is 10.2. The molecule has 0 saturated carbocycles. The van der Waals surface area contributed by atoms with E-state index in [9.17, 15) is 18.0 Å². The molecular weight excluding hydrogens is 394 g/mol. The van der Waals surface area contributed by atoms with Crippen LogP contribution in [0.3, 0.4) is 0 Å². The number of ether oxygens (including phenoxy) is 1. The van der Waals surface area contributed by atoms with E-state index in [4.69, 9.17) is 16.3 Å². The second-order valence-corrected chi connectivity index (χ2v) is 9.03. The molecule has 0 spiro atoms. The first-order chi connectivity index (χ1) is 12.7. The Balaban J connectivity index is 1.87. The molecule has 2 rings (SSSR count). The first kappa shape index (κ1) is 21.5. The van der Waals surface area contributed by atoms with Crippen LogP contribution in [0, 0.1) is 0 Å². The highest BCUT2D eigenvalue weighted by molar-refractivity contribution is 7.91. The molecule has 1 saturated heterocycles. The summed E-state index contributed by atoms with van der Waals surface area (Å²) in [5.74, 6) is -0.0594. The van der Waals surface area contributed by atoms with E-state index in [1.807, 2.05) is 6.92 Å². The molecular formula is C17H24ClN3O5S. The molecule has 1 fully saturated rings. The van der Waals surface area contributed by atoms with E-state index in [0.29, 0.717) is 29.4 Å². The maximum atomic E-state index is 12.3. The lowest BCUT2D eigenvalue weighted by Crippen LogP contribution is -2.44. The van der Waals surface area contributed by atoms with E-state index in [0.717, 1.165) is 0 Å². The van der Waals surface area contributed by atoms with Crippen LogP contribution < -0.4 is 15.4 Å². The van der Waals surface area contributed by atoms with Gasteiger partial charge >= 0.3 is 0 Å². The fourth-order valence-electron chi connectivity index (χ4n) is 2.84. The predicted octanol–water partition coefficient (Wildman–Crippen LogP) is 0.912. The Hall–Kier alpha value is -1.84. The van der Waals surface area contributed by atoms with Crippen LogP contribution in [0.1, 0.15) is 13.3 Å². The van der Waals surface area contributed by atoms with Crippen molar-refractivity contribution in [1.82, 2.24) is 10.2 Å². The maximum absolute atomic E-state index is 12.3. The summed E-state index contributed by atoms with van der Waals surface area (Å²) in [5, 5.41) is 5.90. The fourth-order valence-corrected chi connectivity index (χ4v) is 4.68. The molecule has 2 amide bonds. The van der Waals surface area contributed by atoms with Crippen molar-refractivity contribution in [1.29, 1.82) is 0 Å². The predicted molar refractivity (Wildman–Crippen MR) is 104 cm³/mol. The number of carbonyl (C=O) groups is 2. The molecule has 1 atom stereocenters. The first-order valence-corrected chi connectivity index (χ1v) is 10.8. The molecule has 1 aliphatic rings. The van der Waals surface area contributed by atoms with Gasteiger partial charge in [0.1, 0.15) is 5.75 Å². The third-order valence-corrected chi connectivity index (χ3v) is 6.22. The number of hydrogen-bond donors (Lipinski definition) is 2. The van der Waals surface area contributed by atoms with Crippen LogP contribution in [0.4, 0.5) is 5.69 Å². The Kier molecular flexibility index (Phi) is 7.46. The summed E-state index contributed by atoms with van der Waals surface area (Å²) in [6, 6.07) is 4.54. The minimum atomic E-state index is -3.05. The number of amides is 2. The third kappa shape index (κ3) is 6.67. The number of halogens is 1. The highest BCUT2D eigenvalue weighted by Gasteiger charge is 2.29. The second-order valence-electron chi connectivity index (χ2n) is 6.36. The summed E-state index contributed by atoms with van der Waals surface area (Å²) < 4.78 is 28.1. The number of rotatable bonds is 8. The summed E-state index contributed by atoms with van der Waals surface area (Å²) in [6.07, 6.45) is 0.426. The lowest BCUT2D eigenvalue weighted by molar-refractivity contribution is -0.123. The second kappa shape index (κ2) is 9.38. The van der Waals surface area contributed by atoms with Crippen LogP contribution >= 0.6 is 11.6 Å². The molecule has 1 aliphatic heterocycles. The van der Waals surface area contributed by atoms with Gasteiger partial charge < -0.3 is 15.4 Å². The maximum Gasteiger partial charge on any atom is 0.238 e. The normalized spacial score (nSPS) is 18.3. The molecule has 0 aliphatic carbocycles. The van der Waals surface area contributed by atoms with E-state index in [-0.39, 0.29) is 42.5 Å². The van der Waals surface area contributed by atoms with Gasteiger partial charge in [-0.25, -0.2) is 8.42 Å². The Morgan fingerprint density at radius 3 is 2.59 bits per heavy atom. The average Bonchev–Trinajstić information content (AvgIpc) is 2.92. The molecule has 150 valence electrons. The van der Waals surface area contributed by atoms with Gasteiger partial charge in [-0.3, -0.25) is 14.5 Å². The highest BCUT2D eigenvalue weighted by atomic mass is 35.5. The minimum Gasteiger partial charge on any atom is -0.495 e. The number of anilines is 1. The Morgan fingerprint density at radius 1 is 1.30 bits per heavy atom. The van der Waals surface area contributed by atoms with Gasteiger partial charge in [0, 0.05) is 11.1 Å². The van der Waals surface area contributed by atoms with Gasteiger partial charge in [0.25, 0.3) is 0 Å². The number of nitrogens with one attached hydrogen (secondary N) is 2. The Morgan fingerprint density at radius 2 is 2.00 bits per heavy atom. The molecule has 1 heterocycles. The molecule has 0 aromatic heterocycles. The van der Waals surface area contributed by atoms with E-state index in [1.165, 1.54) is 7.11 Å². The number of nitrogens with zero attached hydrogens (tertiary/aromatic N) is 1. The summed E-state index contributed by atoms with van der Waals surface area (Å²) in [7, 11) is -1.56. The number of sulfone groups is 1. The molecule has 1 aromatic carbocycles. The first-order valence-electron chi connectivity index (χ1n) is 8.58. The van der Waals surface area contributed by atoms with Gasteiger partial charge in [0.15, 0.2) is 9.84 Å². The van der Waals surface area contributed by atoms with Crippen LogP contribution in [-0.4, -0.2) is 69.4 Å². The van der Waals surface area contributed by atoms with Crippen LogP contribution in [0.2, 0.25) is 5.02 Å². The minimum absolute atomic E-state index is 0.00253. The molecule has 0 unspecified atom stereocenters. The van der Waals surface area contributed by atoms with E-state index < -0.39 is 9.84 Å². The topological polar surface area (TPSA) is 105 Å². The molecule has 0 bridgehead atoms. The summed E-state index contributed by atoms with van der Waals surface area (Å²) >= 11 is 5.95. The van der Waals surface area contributed by atoms with Crippen LogP contribution in [0.25, 0.3) is 0 Å². The Bertz CT molecular complexity index is 800. The third-order valence-electron chi connectivity index (χ3n) is 4.21. The number of likely N-dealkylation sites (N-methyl/N-ethyl adjacent to an activating group) is 1. The largest absolute Gasteiger partial charge is 0.495 e. The van der Waals surface area contributed by atoms with Gasteiger partial charge in [-0.1, -0.05) is 18.5 Å². The van der Waals surface area contributed by atoms with Gasteiger partial charge in [-0.15, -0.1) is 0 Å². The quantitative estimate of drug-likeness (QED) is 0.651. The Labute approximate surface area is 164 Å². The lowest BCUT2D eigenvalue weighted by Gasteiger charge is -2.21. The van der Waals surface area contributed by atoms with Crippen LogP contribution in [0.5, 0.6) is 5.75 Å². The highest BCUT2D eigenvalue weighted by Crippen LogP contribution is 2.27. The average molecular weight is 418 g/mol. The number of methoxy groups -OCH3 is 1.